The second kappa shape index (κ2) is 5.49. The predicted octanol–water partition coefficient (Wildman–Crippen LogP) is 1.43. The number of aliphatic carboxylic acids is 1. The molecule has 110 valence electrons. The molecule has 0 aliphatic heterocycles. The first-order valence-electron chi connectivity index (χ1n) is 6.75. The van der Waals surface area contributed by atoms with Gasteiger partial charge in [-0.25, -0.2) is 0 Å². The summed E-state index contributed by atoms with van der Waals surface area (Å²) in [6.07, 6.45) is 3.43. The molecule has 0 heterocycles. The Labute approximate surface area is 115 Å². The molecular weight excluding hydrogens is 244 g/mol. The van der Waals surface area contributed by atoms with E-state index in [1.807, 2.05) is 14.1 Å². The molecule has 0 radical (unpaired) electrons. The Morgan fingerprint density at radius 1 is 1.21 bits per heavy atom. The minimum atomic E-state index is -1.00. The second-order valence-corrected chi connectivity index (χ2v) is 6.59. The molecule has 0 unspecified atom stereocenters. The molecule has 0 saturated heterocycles. The maximum absolute atomic E-state index is 12.1. The molecular formula is C14H26N2O3. The SMILES string of the molecule is CN(CC1(N(C)C)CCC1)C(=O)CC(C)(C)C(=O)O. The number of rotatable bonds is 6. The van der Waals surface area contributed by atoms with Gasteiger partial charge in [0.1, 0.15) is 0 Å². The van der Waals surface area contributed by atoms with Crippen LogP contribution in [0.15, 0.2) is 0 Å². The molecule has 5 nitrogen and oxygen atoms in total. The predicted molar refractivity (Wildman–Crippen MR) is 73.9 cm³/mol. The number of amides is 1. The average Bonchev–Trinajstić information content (AvgIpc) is 2.21. The lowest BCUT2D eigenvalue weighted by atomic mass is 9.75. The highest BCUT2D eigenvalue weighted by atomic mass is 16.4. The standard InChI is InChI=1S/C14H26N2O3/c1-13(2,12(18)19)9-11(17)16(5)10-14(15(3)4)7-6-8-14/h6-10H2,1-5H3,(H,18,19). The summed E-state index contributed by atoms with van der Waals surface area (Å²) in [5, 5.41) is 9.07. The van der Waals surface area contributed by atoms with Crippen molar-refractivity contribution >= 4 is 11.9 Å². The van der Waals surface area contributed by atoms with E-state index in [9.17, 15) is 9.59 Å². The second-order valence-electron chi connectivity index (χ2n) is 6.59. The van der Waals surface area contributed by atoms with E-state index < -0.39 is 11.4 Å². The summed E-state index contributed by atoms with van der Waals surface area (Å²) in [5.74, 6) is -1.03. The molecule has 1 saturated carbocycles. The third kappa shape index (κ3) is 3.47. The van der Waals surface area contributed by atoms with Crippen molar-refractivity contribution in [1.29, 1.82) is 0 Å². The molecule has 0 aromatic heterocycles. The van der Waals surface area contributed by atoms with Gasteiger partial charge < -0.3 is 14.9 Å². The van der Waals surface area contributed by atoms with E-state index in [1.54, 1.807) is 25.8 Å². The third-order valence-corrected chi connectivity index (χ3v) is 4.36. The summed E-state index contributed by atoms with van der Waals surface area (Å²) in [6.45, 7) is 3.85. The molecule has 0 bridgehead atoms. The van der Waals surface area contributed by atoms with Crippen molar-refractivity contribution in [3.05, 3.63) is 0 Å². The molecule has 1 aliphatic rings. The third-order valence-electron chi connectivity index (χ3n) is 4.36. The monoisotopic (exact) mass is 270 g/mol. The molecule has 5 heteroatoms. The lowest BCUT2D eigenvalue weighted by molar-refractivity contribution is -0.151. The molecule has 1 amide bonds. The van der Waals surface area contributed by atoms with Gasteiger partial charge >= 0.3 is 5.97 Å². The average molecular weight is 270 g/mol. The van der Waals surface area contributed by atoms with Crippen molar-refractivity contribution in [3.8, 4) is 0 Å². The molecule has 0 aromatic rings. The van der Waals surface area contributed by atoms with E-state index in [2.05, 4.69) is 4.90 Å². The molecule has 0 aromatic carbocycles. The Kier molecular flexibility index (Phi) is 4.61. The molecule has 19 heavy (non-hydrogen) atoms. The molecule has 1 N–H and O–H groups in total. The highest BCUT2D eigenvalue weighted by Crippen LogP contribution is 2.37. The van der Waals surface area contributed by atoms with Crippen LogP contribution in [0.5, 0.6) is 0 Å². The van der Waals surface area contributed by atoms with Gasteiger partial charge in [-0.2, -0.15) is 0 Å². The fourth-order valence-corrected chi connectivity index (χ4v) is 2.45. The van der Waals surface area contributed by atoms with Gasteiger partial charge in [-0.15, -0.1) is 0 Å². The highest BCUT2D eigenvalue weighted by molar-refractivity contribution is 5.84. The van der Waals surface area contributed by atoms with E-state index >= 15 is 0 Å². The molecule has 1 aliphatic carbocycles. The van der Waals surface area contributed by atoms with Crippen molar-refractivity contribution in [1.82, 2.24) is 9.80 Å². The van der Waals surface area contributed by atoms with E-state index in [4.69, 9.17) is 5.11 Å². The van der Waals surface area contributed by atoms with Gasteiger partial charge in [-0.3, -0.25) is 9.59 Å². The van der Waals surface area contributed by atoms with Crippen LogP contribution in [0.2, 0.25) is 0 Å². The minimum Gasteiger partial charge on any atom is -0.481 e. The van der Waals surface area contributed by atoms with Crippen LogP contribution < -0.4 is 0 Å². The van der Waals surface area contributed by atoms with Crippen molar-refractivity contribution < 1.29 is 14.7 Å². The Hall–Kier alpha value is -1.10. The van der Waals surface area contributed by atoms with Crippen LogP contribution in [0.25, 0.3) is 0 Å². The number of nitrogens with zero attached hydrogens (tertiary/aromatic N) is 2. The van der Waals surface area contributed by atoms with Crippen LogP contribution in [0, 0.1) is 5.41 Å². The van der Waals surface area contributed by atoms with Gasteiger partial charge in [0, 0.05) is 25.6 Å². The van der Waals surface area contributed by atoms with Crippen molar-refractivity contribution in [2.24, 2.45) is 5.41 Å². The van der Waals surface area contributed by atoms with Crippen LogP contribution in [0.3, 0.4) is 0 Å². The zero-order chi connectivity index (χ0) is 14.8. The van der Waals surface area contributed by atoms with Gasteiger partial charge in [0.05, 0.1) is 5.41 Å². The van der Waals surface area contributed by atoms with Crippen LogP contribution in [-0.4, -0.2) is 60.0 Å². The first-order chi connectivity index (χ1) is 8.61. The summed E-state index contributed by atoms with van der Waals surface area (Å²) in [4.78, 5) is 27.1. The highest BCUT2D eigenvalue weighted by Gasteiger charge is 2.41. The fraction of sp³-hybridized carbons (Fsp3) is 0.857. The van der Waals surface area contributed by atoms with E-state index in [-0.39, 0.29) is 17.9 Å². The Morgan fingerprint density at radius 3 is 2.05 bits per heavy atom. The Bertz CT molecular complexity index is 360. The quantitative estimate of drug-likeness (QED) is 0.793. The van der Waals surface area contributed by atoms with Gasteiger partial charge in [0.2, 0.25) is 5.91 Å². The largest absolute Gasteiger partial charge is 0.481 e. The fourth-order valence-electron chi connectivity index (χ4n) is 2.45. The normalized spacial score (nSPS) is 18.0. The zero-order valence-corrected chi connectivity index (χ0v) is 12.7. The molecule has 0 atom stereocenters. The summed E-state index contributed by atoms with van der Waals surface area (Å²) in [6, 6.07) is 0. The van der Waals surface area contributed by atoms with Gasteiger partial charge in [-0.05, 0) is 47.2 Å². The number of carbonyl (C=O) groups is 2. The number of carbonyl (C=O) groups excluding carboxylic acids is 1. The van der Waals surface area contributed by atoms with Gasteiger partial charge in [0.15, 0.2) is 0 Å². The topological polar surface area (TPSA) is 60.9 Å². The summed E-state index contributed by atoms with van der Waals surface area (Å²) < 4.78 is 0. The van der Waals surface area contributed by atoms with Crippen LogP contribution in [0.4, 0.5) is 0 Å². The Balaban J connectivity index is 2.61. The lowest BCUT2D eigenvalue weighted by Crippen LogP contribution is -2.57. The van der Waals surface area contributed by atoms with Crippen LogP contribution in [0.1, 0.15) is 39.5 Å². The summed E-state index contributed by atoms with van der Waals surface area (Å²) >= 11 is 0. The maximum Gasteiger partial charge on any atom is 0.309 e. The number of hydrogen-bond acceptors (Lipinski definition) is 3. The number of hydrogen-bond donors (Lipinski definition) is 1. The number of carboxylic acid groups (broad SMARTS) is 1. The summed E-state index contributed by atoms with van der Waals surface area (Å²) in [5.41, 5.74) is -0.923. The first-order valence-corrected chi connectivity index (χ1v) is 6.75. The van der Waals surface area contributed by atoms with Crippen molar-refractivity contribution in [2.75, 3.05) is 27.7 Å². The molecule has 1 rings (SSSR count). The molecule has 0 spiro atoms. The smallest absolute Gasteiger partial charge is 0.309 e. The Morgan fingerprint density at radius 2 is 1.74 bits per heavy atom. The lowest BCUT2D eigenvalue weighted by Gasteiger charge is -2.49. The van der Waals surface area contributed by atoms with Gasteiger partial charge in [-0.1, -0.05) is 0 Å². The van der Waals surface area contributed by atoms with E-state index in [0.29, 0.717) is 6.54 Å². The summed E-state index contributed by atoms with van der Waals surface area (Å²) in [7, 11) is 5.85. The van der Waals surface area contributed by atoms with Crippen molar-refractivity contribution in [3.63, 3.8) is 0 Å². The first kappa shape index (κ1) is 16.0. The van der Waals surface area contributed by atoms with E-state index in [1.165, 1.54) is 6.42 Å². The number of carboxylic acids is 1. The van der Waals surface area contributed by atoms with Crippen molar-refractivity contribution in [2.45, 2.75) is 45.1 Å². The van der Waals surface area contributed by atoms with Crippen LogP contribution in [-0.2, 0) is 9.59 Å². The molecule has 1 fully saturated rings. The van der Waals surface area contributed by atoms with Crippen LogP contribution >= 0.6 is 0 Å². The zero-order valence-electron chi connectivity index (χ0n) is 12.7. The minimum absolute atomic E-state index is 0.0440. The number of likely N-dealkylation sites (N-methyl/N-ethyl adjacent to an activating group) is 2. The van der Waals surface area contributed by atoms with E-state index in [0.717, 1.165) is 12.8 Å². The van der Waals surface area contributed by atoms with Gasteiger partial charge in [0.25, 0.3) is 0 Å². The maximum atomic E-state index is 12.1.